The van der Waals surface area contributed by atoms with Gasteiger partial charge in [0.15, 0.2) is 5.58 Å². The van der Waals surface area contributed by atoms with Crippen molar-refractivity contribution < 1.29 is 18.8 Å². The van der Waals surface area contributed by atoms with Gasteiger partial charge in [0, 0.05) is 48.1 Å². The fourth-order valence-corrected chi connectivity index (χ4v) is 5.52. The van der Waals surface area contributed by atoms with Crippen LogP contribution < -0.4 is 5.56 Å². The third kappa shape index (κ3) is 6.09. The second-order valence-electron chi connectivity index (χ2n) is 10.3. The van der Waals surface area contributed by atoms with Crippen molar-refractivity contribution in [3.63, 3.8) is 0 Å². The summed E-state index contributed by atoms with van der Waals surface area (Å²) in [6.45, 7) is 5.55. The van der Waals surface area contributed by atoms with E-state index in [1.807, 2.05) is 11.5 Å². The van der Waals surface area contributed by atoms with Crippen molar-refractivity contribution in [2.75, 3.05) is 19.6 Å². The molecule has 1 saturated heterocycles. The number of likely N-dealkylation sites (tertiary alicyclic amines) is 1. The molecular formula is C30H33FN4O4. The average molecular weight is 533 g/mol. The van der Waals surface area contributed by atoms with Crippen molar-refractivity contribution in [2.45, 2.75) is 57.9 Å². The average Bonchev–Trinajstić information content (AvgIpc) is 3.37. The van der Waals surface area contributed by atoms with Crippen molar-refractivity contribution in [1.82, 2.24) is 19.6 Å². The van der Waals surface area contributed by atoms with Crippen LogP contribution in [0.25, 0.3) is 11.0 Å². The third-order valence-electron chi connectivity index (χ3n) is 7.72. The maximum Gasteiger partial charge on any atom is 0.335 e. The van der Waals surface area contributed by atoms with Gasteiger partial charge in [-0.05, 0) is 76.4 Å². The van der Waals surface area contributed by atoms with Gasteiger partial charge in [-0.3, -0.25) is 9.36 Å². The predicted molar refractivity (Wildman–Crippen MR) is 146 cm³/mol. The molecule has 0 unspecified atom stereocenters. The first-order valence-corrected chi connectivity index (χ1v) is 13.6. The van der Waals surface area contributed by atoms with Crippen LogP contribution in [-0.2, 0) is 19.4 Å². The molecule has 0 saturated carbocycles. The summed E-state index contributed by atoms with van der Waals surface area (Å²) in [5.41, 5.74) is 3.71. The minimum Gasteiger partial charge on any atom is -0.478 e. The number of carboxylic acid groups (broad SMARTS) is 1. The Morgan fingerprint density at radius 3 is 2.59 bits per heavy atom. The maximum atomic E-state index is 13.4. The summed E-state index contributed by atoms with van der Waals surface area (Å²) in [5.74, 6) is 0.0947. The summed E-state index contributed by atoms with van der Waals surface area (Å²) < 4.78 is 20.6. The first-order valence-electron chi connectivity index (χ1n) is 13.6. The molecular weight excluding hydrogens is 499 g/mol. The molecule has 4 aromatic rings. The summed E-state index contributed by atoms with van der Waals surface area (Å²) in [6, 6.07) is 12.9. The number of aromatic carboxylic acids is 1. The van der Waals surface area contributed by atoms with Gasteiger partial charge in [-0.1, -0.05) is 23.4 Å². The van der Waals surface area contributed by atoms with E-state index < -0.39 is 5.97 Å². The van der Waals surface area contributed by atoms with Gasteiger partial charge < -0.3 is 14.5 Å². The Hall–Kier alpha value is -3.85. The van der Waals surface area contributed by atoms with E-state index in [4.69, 9.17) is 14.6 Å². The molecule has 9 heteroatoms. The number of carboxylic acids is 1. The van der Waals surface area contributed by atoms with E-state index in [0.717, 1.165) is 92.9 Å². The highest BCUT2D eigenvalue weighted by Gasteiger charge is 2.26. The van der Waals surface area contributed by atoms with Crippen LogP contribution in [0.4, 0.5) is 4.39 Å². The molecule has 2 aromatic heterocycles. The maximum absolute atomic E-state index is 13.4. The SMILES string of the molecule is Cc1nc2n(c(=O)c1CCN1CCC(c3noc4cc(F)ccc34)CC1)CCCC2.O=C(O)c1ccccc1. The summed E-state index contributed by atoms with van der Waals surface area (Å²) in [7, 11) is 0. The van der Waals surface area contributed by atoms with Crippen molar-refractivity contribution in [3.05, 3.63) is 93.0 Å². The number of nitrogens with zero attached hydrogens (tertiary/aromatic N) is 4. The topological polar surface area (TPSA) is 101 Å². The Bertz CT molecular complexity index is 1510. The largest absolute Gasteiger partial charge is 0.478 e. The number of aryl methyl sites for hydroxylation is 2. The van der Waals surface area contributed by atoms with Gasteiger partial charge in [-0.2, -0.15) is 0 Å². The quantitative estimate of drug-likeness (QED) is 0.387. The number of fused-ring (bicyclic) bond motifs is 2. The van der Waals surface area contributed by atoms with Crippen LogP contribution in [0.3, 0.4) is 0 Å². The van der Waals surface area contributed by atoms with Crippen LogP contribution >= 0.6 is 0 Å². The smallest absolute Gasteiger partial charge is 0.335 e. The van der Waals surface area contributed by atoms with Crippen molar-refractivity contribution >= 4 is 16.9 Å². The lowest BCUT2D eigenvalue weighted by Gasteiger charge is -2.31. The summed E-state index contributed by atoms with van der Waals surface area (Å²) in [4.78, 5) is 30.3. The first-order chi connectivity index (χ1) is 18.9. The van der Waals surface area contributed by atoms with Gasteiger partial charge in [-0.15, -0.1) is 0 Å². The second kappa shape index (κ2) is 11.9. The molecule has 0 aliphatic carbocycles. The Labute approximate surface area is 226 Å². The number of hydrogen-bond acceptors (Lipinski definition) is 6. The highest BCUT2D eigenvalue weighted by molar-refractivity contribution is 5.87. The lowest BCUT2D eigenvalue weighted by Crippen LogP contribution is -2.37. The van der Waals surface area contributed by atoms with Gasteiger partial charge in [0.05, 0.1) is 11.3 Å². The molecule has 204 valence electrons. The van der Waals surface area contributed by atoms with E-state index >= 15 is 0 Å². The van der Waals surface area contributed by atoms with E-state index in [0.29, 0.717) is 17.1 Å². The fraction of sp³-hybridized carbons (Fsp3) is 0.400. The van der Waals surface area contributed by atoms with Crippen LogP contribution in [0.2, 0.25) is 0 Å². The Morgan fingerprint density at radius 2 is 1.87 bits per heavy atom. The van der Waals surface area contributed by atoms with Crippen LogP contribution in [0.1, 0.15) is 64.7 Å². The Kier molecular flexibility index (Phi) is 8.16. The zero-order valence-corrected chi connectivity index (χ0v) is 22.1. The number of halogens is 1. The summed E-state index contributed by atoms with van der Waals surface area (Å²) in [6.07, 6.45) is 5.81. The summed E-state index contributed by atoms with van der Waals surface area (Å²) in [5, 5.41) is 13.5. The van der Waals surface area contributed by atoms with E-state index in [-0.39, 0.29) is 11.4 Å². The van der Waals surface area contributed by atoms with Crippen molar-refractivity contribution in [1.29, 1.82) is 0 Å². The van der Waals surface area contributed by atoms with Gasteiger partial charge >= 0.3 is 5.97 Å². The molecule has 1 N–H and O–H groups in total. The highest BCUT2D eigenvalue weighted by Crippen LogP contribution is 2.32. The van der Waals surface area contributed by atoms with Gasteiger partial charge in [0.25, 0.3) is 5.56 Å². The monoisotopic (exact) mass is 532 g/mol. The molecule has 0 spiro atoms. The van der Waals surface area contributed by atoms with E-state index in [1.165, 1.54) is 12.1 Å². The Morgan fingerprint density at radius 1 is 1.10 bits per heavy atom. The number of carbonyl (C=O) groups is 1. The van der Waals surface area contributed by atoms with Crippen molar-refractivity contribution in [3.8, 4) is 0 Å². The molecule has 2 aliphatic rings. The van der Waals surface area contributed by atoms with Crippen LogP contribution in [-0.4, -0.2) is 50.3 Å². The van der Waals surface area contributed by atoms with E-state index in [1.54, 1.807) is 36.4 Å². The third-order valence-corrected chi connectivity index (χ3v) is 7.72. The molecule has 1 fully saturated rings. The minimum absolute atomic E-state index is 0.161. The zero-order chi connectivity index (χ0) is 27.4. The van der Waals surface area contributed by atoms with Gasteiger partial charge in [-0.25, -0.2) is 14.2 Å². The molecule has 6 rings (SSSR count). The number of rotatable bonds is 5. The molecule has 39 heavy (non-hydrogen) atoms. The lowest BCUT2D eigenvalue weighted by atomic mass is 9.91. The molecule has 2 aromatic carbocycles. The molecule has 4 heterocycles. The number of hydrogen-bond donors (Lipinski definition) is 1. The Balaban J connectivity index is 0.000000292. The number of piperidine rings is 1. The first kappa shape index (κ1) is 26.7. The van der Waals surface area contributed by atoms with Crippen LogP contribution in [0.15, 0.2) is 57.8 Å². The second-order valence-corrected chi connectivity index (χ2v) is 10.3. The molecule has 0 bridgehead atoms. The van der Waals surface area contributed by atoms with Gasteiger partial charge in [0.1, 0.15) is 11.6 Å². The lowest BCUT2D eigenvalue weighted by molar-refractivity contribution is 0.0697. The molecule has 0 amide bonds. The fourth-order valence-electron chi connectivity index (χ4n) is 5.52. The van der Waals surface area contributed by atoms with Crippen LogP contribution in [0, 0.1) is 12.7 Å². The normalized spacial score (nSPS) is 15.9. The molecule has 2 aliphatic heterocycles. The highest BCUT2D eigenvalue weighted by atomic mass is 19.1. The minimum atomic E-state index is -0.879. The molecule has 0 radical (unpaired) electrons. The van der Waals surface area contributed by atoms with Gasteiger partial charge in [0.2, 0.25) is 0 Å². The molecule has 8 nitrogen and oxygen atoms in total. The predicted octanol–water partition coefficient (Wildman–Crippen LogP) is 4.98. The number of benzene rings is 2. The zero-order valence-electron chi connectivity index (χ0n) is 22.1. The van der Waals surface area contributed by atoms with E-state index in [9.17, 15) is 14.0 Å². The number of aromatic nitrogens is 3. The summed E-state index contributed by atoms with van der Waals surface area (Å²) >= 11 is 0. The standard InChI is InChI=1S/C23H27FN4O2.C7H6O2/c1-15-18(23(29)28-10-3-2-4-21(28)25-15)9-13-27-11-7-16(8-12-27)22-19-6-5-17(24)14-20(19)30-26-22;8-7(9)6-4-2-1-3-5-6/h5-6,14,16H,2-4,7-13H2,1H3;1-5H,(H,8,9). The molecule has 0 atom stereocenters. The van der Waals surface area contributed by atoms with Crippen LogP contribution in [0.5, 0.6) is 0 Å². The van der Waals surface area contributed by atoms with E-state index in [2.05, 4.69) is 10.1 Å². The van der Waals surface area contributed by atoms with Crippen molar-refractivity contribution in [2.24, 2.45) is 0 Å².